The third-order valence-corrected chi connectivity index (χ3v) is 12.5. The van der Waals surface area contributed by atoms with E-state index in [0.717, 1.165) is 22.6 Å². The summed E-state index contributed by atoms with van der Waals surface area (Å²) in [5.41, 5.74) is 18.3. The molecule has 0 saturated carbocycles. The maximum atomic E-state index is 4.52. The lowest BCUT2D eigenvalue weighted by Crippen LogP contribution is -2.26. The molecule has 1 heterocycles. The summed E-state index contributed by atoms with van der Waals surface area (Å²) in [5.74, 6) is 0. The molecule has 270 valence electrons. The van der Waals surface area contributed by atoms with Crippen molar-refractivity contribution < 1.29 is 0 Å². The molecular weight excluding hydrogens is 701 g/mol. The van der Waals surface area contributed by atoms with E-state index in [4.69, 9.17) is 0 Å². The van der Waals surface area contributed by atoms with E-state index in [2.05, 4.69) is 210 Å². The first-order valence-electron chi connectivity index (χ1n) is 20.0. The molecule has 0 radical (unpaired) electrons. The molecule has 0 atom stereocenters. The second kappa shape index (κ2) is 12.7. The van der Waals surface area contributed by atoms with Gasteiger partial charge >= 0.3 is 0 Å². The number of nitrogens with zero attached hydrogens (tertiary/aromatic N) is 2. The molecule has 2 nitrogen and oxygen atoms in total. The molecule has 1 spiro atoms. The van der Waals surface area contributed by atoms with Crippen LogP contribution in [-0.2, 0) is 5.41 Å². The van der Waals surface area contributed by atoms with Crippen LogP contribution >= 0.6 is 0 Å². The zero-order valence-corrected chi connectivity index (χ0v) is 31.7. The molecule has 0 saturated heterocycles. The highest BCUT2D eigenvalue weighted by Gasteiger charge is 2.53. The van der Waals surface area contributed by atoms with Gasteiger partial charge in [0.05, 0.1) is 23.0 Å². The van der Waals surface area contributed by atoms with Crippen LogP contribution in [0.5, 0.6) is 0 Å². The third-order valence-electron chi connectivity index (χ3n) is 12.5. The fourth-order valence-corrected chi connectivity index (χ4v) is 10.2. The van der Waals surface area contributed by atoms with Gasteiger partial charge in [-0.2, -0.15) is 0 Å². The number of anilines is 3. The highest BCUT2D eigenvalue weighted by molar-refractivity contribution is 6.10. The Balaban J connectivity index is 1.04. The molecule has 0 amide bonds. The monoisotopic (exact) mass is 736 g/mol. The lowest BCUT2D eigenvalue weighted by atomic mass is 9.68. The van der Waals surface area contributed by atoms with E-state index in [-0.39, 0.29) is 0 Å². The maximum Gasteiger partial charge on any atom is 0.0731 e. The molecule has 0 aliphatic heterocycles. The summed E-state index contributed by atoms with van der Waals surface area (Å²) < 4.78 is 0. The Bertz CT molecular complexity index is 3180. The zero-order chi connectivity index (χ0) is 38.2. The van der Waals surface area contributed by atoms with E-state index in [1.807, 2.05) is 18.5 Å². The van der Waals surface area contributed by atoms with E-state index in [0.29, 0.717) is 0 Å². The molecule has 2 aliphatic carbocycles. The number of benzene rings is 9. The van der Waals surface area contributed by atoms with Crippen LogP contribution in [0.25, 0.3) is 66.1 Å². The van der Waals surface area contributed by atoms with Crippen LogP contribution in [0.15, 0.2) is 219 Å². The first-order chi connectivity index (χ1) is 28.8. The molecule has 2 aliphatic rings. The van der Waals surface area contributed by atoms with Crippen molar-refractivity contribution in [2.45, 2.75) is 5.41 Å². The highest BCUT2D eigenvalue weighted by Crippen LogP contribution is 2.65. The van der Waals surface area contributed by atoms with Crippen molar-refractivity contribution in [1.82, 2.24) is 4.98 Å². The van der Waals surface area contributed by atoms with Gasteiger partial charge in [0.2, 0.25) is 0 Å². The molecule has 58 heavy (non-hydrogen) atoms. The van der Waals surface area contributed by atoms with Crippen LogP contribution in [0.1, 0.15) is 22.3 Å². The van der Waals surface area contributed by atoms with Crippen molar-refractivity contribution in [2.24, 2.45) is 0 Å². The topological polar surface area (TPSA) is 16.1 Å². The van der Waals surface area contributed by atoms with Gasteiger partial charge in [-0.25, -0.2) is 0 Å². The van der Waals surface area contributed by atoms with Crippen LogP contribution in [0, 0.1) is 0 Å². The predicted molar refractivity (Wildman–Crippen MR) is 241 cm³/mol. The molecule has 0 unspecified atom stereocenters. The van der Waals surface area contributed by atoms with Crippen LogP contribution in [-0.4, -0.2) is 4.98 Å². The van der Waals surface area contributed by atoms with Gasteiger partial charge in [-0.1, -0.05) is 170 Å². The van der Waals surface area contributed by atoms with Gasteiger partial charge < -0.3 is 4.90 Å². The first kappa shape index (κ1) is 32.7. The molecule has 10 aromatic rings. The van der Waals surface area contributed by atoms with Crippen molar-refractivity contribution in [2.75, 3.05) is 4.90 Å². The minimum absolute atomic E-state index is 0.442. The number of aromatic nitrogens is 1. The molecule has 1 aromatic heterocycles. The average Bonchev–Trinajstić information content (AvgIpc) is 3.78. The zero-order valence-electron chi connectivity index (χ0n) is 31.7. The minimum Gasteiger partial charge on any atom is -0.308 e. The van der Waals surface area contributed by atoms with Crippen molar-refractivity contribution in [1.29, 1.82) is 0 Å². The summed E-state index contributed by atoms with van der Waals surface area (Å²) in [5, 5.41) is 4.95. The van der Waals surface area contributed by atoms with Gasteiger partial charge in [0.25, 0.3) is 0 Å². The predicted octanol–water partition coefficient (Wildman–Crippen LogP) is 14.5. The van der Waals surface area contributed by atoms with Crippen molar-refractivity contribution >= 4 is 38.6 Å². The largest absolute Gasteiger partial charge is 0.308 e. The average molecular weight is 737 g/mol. The Morgan fingerprint density at radius 2 is 0.966 bits per heavy atom. The van der Waals surface area contributed by atoms with E-state index >= 15 is 0 Å². The summed E-state index contributed by atoms with van der Waals surface area (Å²) in [6.07, 6.45) is 3.77. The SMILES string of the molecule is c1cncc(N(c2cccc(-c3ccc(-c4cc5ccccc5c5c4C4(c6ccccc6-c6ccccc64)c4ccccc4-5)cc3)c2)c2cccc3ccccc23)c1. The number of rotatable bonds is 5. The normalized spacial score (nSPS) is 13.0. The van der Waals surface area contributed by atoms with Gasteiger partial charge in [-0.15, -0.1) is 0 Å². The molecular formula is C56H36N2. The second-order valence-electron chi connectivity index (χ2n) is 15.5. The Kier molecular flexibility index (Phi) is 7.18. The standard InChI is InChI=1S/C56H36N2/c1-3-20-44-38(14-1)16-12-28-53(44)58(43-19-13-33-57-36-43)42-18-11-17-40(34-42)37-29-31-39(32-30-37)49-35-41-15-2-4-21-45(41)54-48-24-7-10-27-52(48)56(55(49)54)50-25-8-5-22-46(50)47-23-6-9-26-51(47)56/h1-36H. The van der Waals surface area contributed by atoms with Crippen molar-refractivity contribution in [3.63, 3.8) is 0 Å². The summed E-state index contributed by atoms with van der Waals surface area (Å²) in [6.45, 7) is 0. The number of hydrogen-bond acceptors (Lipinski definition) is 2. The number of fused-ring (bicyclic) bond motifs is 13. The van der Waals surface area contributed by atoms with Gasteiger partial charge in [-0.3, -0.25) is 4.98 Å². The maximum absolute atomic E-state index is 4.52. The molecule has 0 bridgehead atoms. The quantitative estimate of drug-likeness (QED) is 0.175. The van der Waals surface area contributed by atoms with E-state index in [1.165, 1.54) is 82.7 Å². The fourth-order valence-electron chi connectivity index (χ4n) is 10.2. The summed E-state index contributed by atoms with van der Waals surface area (Å²) in [7, 11) is 0. The fraction of sp³-hybridized carbons (Fsp3) is 0.0179. The molecule has 0 N–H and O–H groups in total. The molecule has 0 fully saturated rings. The summed E-state index contributed by atoms with van der Waals surface area (Å²) in [6, 6.07) is 76.0. The van der Waals surface area contributed by atoms with Gasteiger partial charge in [0.15, 0.2) is 0 Å². The minimum atomic E-state index is -0.442. The molecule has 9 aromatic carbocycles. The Labute approximate surface area is 338 Å². The lowest BCUT2D eigenvalue weighted by molar-refractivity contribution is 0.796. The van der Waals surface area contributed by atoms with Crippen molar-refractivity contribution in [3.05, 3.63) is 241 Å². The third kappa shape index (κ3) is 4.63. The van der Waals surface area contributed by atoms with Gasteiger partial charge in [0, 0.05) is 17.3 Å². The first-order valence-corrected chi connectivity index (χ1v) is 20.0. The lowest BCUT2D eigenvalue weighted by Gasteiger charge is -2.32. The van der Waals surface area contributed by atoms with Gasteiger partial charge in [0.1, 0.15) is 0 Å². The Morgan fingerprint density at radius 3 is 1.71 bits per heavy atom. The van der Waals surface area contributed by atoms with E-state index in [1.54, 1.807) is 0 Å². The number of pyridine rings is 1. The van der Waals surface area contributed by atoms with E-state index < -0.39 is 5.41 Å². The molecule has 2 heteroatoms. The van der Waals surface area contributed by atoms with Crippen molar-refractivity contribution in [3.8, 4) is 44.5 Å². The Morgan fingerprint density at radius 1 is 0.379 bits per heavy atom. The second-order valence-corrected chi connectivity index (χ2v) is 15.5. The van der Waals surface area contributed by atoms with E-state index in [9.17, 15) is 0 Å². The number of hydrogen-bond donors (Lipinski definition) is 0. The highest BCUT2D eigenvalue weighted by atomic mass is 15.1. The van der Waals surface area contributed by atoms with Crippen LogP contribution < -0.4 is 4.90 Å². The smallest absolute Gasteiger partial charge is 0.0731 e. The summed E-state index contributed by atoms with van der Waals surface area (Å²) >= 11 is 0. The molecule has 12 rings (SSSR count). The van der Waals surface area contributed by atoms with Crippen LogP contribution in [0.4, 0.5) is 17.1 Å². The van der Waals surface area contributed by atoms with Crippen LogP contribution in [0.3, 0.4) is 0 Å². The summed E-state index contributed by atoms with van der Waals surface area (Å²) in [4.78, 5) is 6.84. The Hall–Kier alpha value is -7.55. The van der Waals surface area contributed by atoms with Crippen LogP contribution in [0.2, 0.25) is 0 Å². The van der Waals surface area contributed by atoms with Gasteiger partial charge in [-0.05, 0) is 119 Å².